The lowest BCUT2D eigenvalue weighted by Gasteiger charge is -2.21. The van der Waals surface area contributed by atoms with E-state index in [0.29, 0.717) is 19.0 Å². The molecule has 102 valence electrons. The minimum atomic E-state index is -4.09. The summed E-state index contributed by atoms with van der Waals surface area (Å²) in [6.45, 7) is 0.635. The van der Waals surface area contributed by atoms with Crippen molar-refractivity contribution in [3.63, 3.8) is 0 Å². The molecule has 0 saturated heterocycles. The normalized spacial score (nSPS) is 18.7. The van der Waals surface area contributed by atoms with Crippen LogP contribution in [0.15, 0.2) is 0 Å². The molecule has 17 heavy (non-hydrogen) atoms. The predicted octanol–water partition coefficient (Wildman–Crippen LogP) is 1.37. The van der Waals surface area contributed by atoms with Gasteiger partial charge in [-0.05, 0) is 32.9 Å². The number of rotatable bonds is 8. The SMILES string of the molecule is CN(CCC(CO)NC1CC1)CCC(F)(F)F. The molecule has 0 aliphatic heterocycles. The van der Waals surface area contributed by atoms with Crippen LogP contribution in [0.4, 0.5) is 13.2 Å². The Hall–Kier alpha value is -0.330. The van der Waals surface area contributed by atoms with Crippen molar-refractivity contribution in [1.82, 2.24) is 10.2 Å². The van der Waals surface area contributed by atoms with Gasteiger partial charge in [0.2, 0.25) is 0 Å². The van der Waals surface area contributed by atoms with Crippen LogP contribution >= 0.6 is 0 Å². The highest BCUT2D eigenvalue weighted by Crippen LogP contribution is 2.21. The van der Waals surface area contributed by atoms with Crippen molar-refractivity contribution in [3.8, 4) is 0 Å². The van der Waals surface area contributed by atoms with Gasteiger partial charge in [0.1, 0.15) is 0 Å². The fraction of sp³-hybridized carbons (Fsp3) is 1.00. The van der Waals surface area contributed by atoms with Crippen LogP contribution in [-0.4, -0.2) is 55.0 Å². The topological polar surface area (TPSA) is 35.5 Å². The second-order valence-corrected chi connectivity index (χ2v) is 4.78. The van der Waals surface area contributed by atoms with Crippen LogP contribution in [0.1, 0.15) is 25.7 Å². The first-order valence-electron chi connectivity index (χ1n) is 6.03. The van der Waals surface area contributed by atoms with Gasteiger partial charge in [-0.2, -0.15) is 13.2 Å². The summed E-state index contributed by atoms with van der Waals surface area (Å²) >= 11 is 0. The highest BCUT2D eigenvalue weighted by atomic mass is 19.4. The van der Waals surface area contributed by atoms with E-state index in [1.165, 1.54) is 0 Å². The summed E-state index contributed by atoms with van der Waals surface area (Å²) in [5, 5.41) is 12.4. The van der Waals surface area contributed by atoms with E-state index in [9.17, 15) is 13.2 Å². The number of nitrogens with one attached hydrogen (secondary N) is 1. The molecular formula is C11H21F3N2O. The van der Waals surface area contributed by atoms with Crippen molar-refractivity contribution < 1.29 is 18.3 Å². The zero-order valence-corrected chi connectivity index (χ0v) is 10.1. The van der Waals surface area contributed by atoms with E-state index in [-0.39, 0.29) is 19.2 Å². The van der Waals surface area contributed by atoms with E-state index >= 15 is 0 Å². The molecule has 1 rings (SSSR count). The fourth-order valence-corrected chi connectivity index (χ4v) is 1.62. The van der Waals surface area contributed by atoms with E-state index in [1.54, 1.807) is 11.9 Å². The van der Waals surface area contributed by atoms with E-state index in [2.05, 4.69) is 5.32 Å². The molecule has 1 saturated carbocycles. The van der Waals surface area contributed by atoms with Crippen molar-refractivity contribution in [2.24, 2.45) is 0 Å². The highest BCUT2D eigenvalue weighted by Gasteiger charge is 2.27. The van der Waals surface area contributed by atoms with Crippen LogP contribution in [0.2, 0.25) is 0 Å². The Kier molecular flexibility index (Phi) is 5.69. The Morgan fingerprint density at radius 3 is 2.47 bits per heavy atom. The molecule has 0 aromatic carbocycles. The molecule has 0 amide bonds. The molecule has 3 nitrogen and oxygen atoms in total. The molecule has 0 aromatic heterocycles. The standard InChI is InChI=1S/C11H21F3N2O/c1-16(7-5-11(12,13)14)6-4-10(8-17)15-9-2-3-9/h9-10,15,17H,2-8H2,1H3. The quantitative estimate of drug-likeness (QED) is 0.687. The minimum absolute atomic E-state index is 0.0100. The van der Waals surface area contributed by atoms with Gasteiger partial charge in [-0.15, -0.1) is 0 Å². The second-order valence-electron chi connectivity index (χ2n) is 4.78. The molecular weight excluding hydrogens is 233 g/mol. The van der Waals surface area contributed by atoms with Crippen molar-refractivity contribution >= 4 is 0 Å². The molecule has 0 heterocycles. The average molecular weight is 254 g/mol. The predicted molar refractivity (Wildman–Crippen MR) is 59.8 cm³/mol. The zero-order chi connectivity index (χ0) is 12.9. The summed E-state index contributed by atoms with van der Waals surface area (Å²) < 4.78 is 35.9. The summed E-state index contributed by atoms with van der Waals surface area (Å²) in [4.78, 5) is 1.66. The lowest BCUT2D eigenvalue weighted by molar-refractivity contribution is -0.137. The third-order valence-corrected chi connectivity index (χ3v) is 2.91. The number of hydrogen-bond donors (Lipinski definition) is 2. The summed E-state index contributed by atoms with van der Waals surface area (Å²) in [7, 11) is 1.68. The Morgan fingerprint density at radius 2 is 2.00 bits per heavy atom. The maximum atomic E-state index is 12.0. The molecule has 1 aliphatic rings. The molecule has 1 fully saturated rings. The van der Waals surface area contributed by atoms with Crippen LogP contribution in [0.25, 0.3) is 0 Å². The first-order valence-corrected chi connectivity index (χ1v) is 6.03. The van der Waals surface area contributed by atoms with E-state index in [0.717, 1.165) is 12.8 Å². The Bertz CT molecular complexity index is 219. The lowest BCUT2D eigenvalue weighted by Crippen LogP contribution is -2.37. The summed E-state index contributed by atoms with van der Waals surface area (Å²) in [5.74, 6) is 0. The third kappa shape index (κ3) is 7.57. The molecule has 1 atom stereocenters. The van der Waals surface area contributed by atoms with Gasteiger partial charge in [-0.3, -0.25) is 0 Å². The molecule has 6 heteroatoms. The molecule has 0 aromatic rings. The number of halogens is 3. The van der Waals surface area contributed by atoms with Gasteiger partial charge in [0.15, 0.2) is 0 Å². The van der Waals surface area contributed by atoms with E-state index in [4.69, 9.17) is 5.11 Å². The average Bonchev–Trinajstić information content (AvgIpc) is 3.04. The molecule has 0 bridgehead atoms. The van der Waals surface area contributed by atoms with Crippen molar-refractivity contribution in [3.05, 3.63) is 0 Å². The van der Waals surface area contributed by atoms with Gasteiger partial charge in [-0.25, -0.2) is 0 Å². The molecule has 0 spiro atoms. The van der Waals surface area contributed by atoms with Gasteiger partial charge in [0.25, 0.3) is 0 Å². The largest absolute Gasteiger partial charge is 0.395 e. The van der Waals surface area contributed by atoms with Crippen molar-refractivity contribution in [2.75, 3.05) is 26.7 Å². The summed E-state index contributed by atoms with van der Waals surface area (Å²) in [5.41, 5.74) is 0. The molecule has 1 aliphatic carbocycles. The Morgan fingerprint density at radius 1 is 1.35 bits per heavy atom. The number of nitrogens with zero attached hydrogens (tertiary/aromatic N) is 1. The van der Waals surface area contributed by atoms with Crippen LogP contribution < -0.4 is 5.32 Å². The van der Waals surface area contributed by atoms with Gasteiger partial charge in [0, 0.05) is 18.6 Å². The van der Waals surface area contributed by atoms with Crippen LogP contribution in [0.3, 0.4) is 0 Å². The molecule has 2 N–H and O–H groups in total. The van der Waals surface area contributed by atoms with Crippen LogP contribution in [-0.2, 0) is 0 Å². The summed E-state index contributed by atoms with van der Waals surface area (Å²) in [6.07, 6.45) is -1.90. The molecule has 1 unspecified atom stereocenters. The monoisotopic (exact) mass is 254 g/mol. The van der Waals surface area contributed by atoms with Gasteiger partial charge < -0.3 is 15.3 Å². The number of aliphatic hydroxyl groups excluding tert-OH is 1. The van der Waals surface area contributed by atoms with Gasteiger partial charge >= 0.3 is 6.18 Å². The first-order chi connectivity index (χ1) is 7.90. The molecule has 0 radical (unpaired) electrons. The third-order valence-electron chi connectivity index (χ3n) is 2.91. The number of hydrogen-bond acceptors (Lipinski definition) is 3. The van der Waals surface area contributed by atoms with Gasteiger partial charge in [-0.1, -0.05) is 0 Å². The first kappa shape index (κ1) is 14.7. The Balaban J connectivity index is 2.10. The second kappa shape index (κ2) is 6.56. The maximum Gasteiger partial charge on any atom is 0.390 e. The fourth-order valence-electron chi connectivity index (χ4n) is 1.62. The smallest absolute Gasteiger partial charge is 0.390 e. The number of aliphatic hydroxyl groups is 1. The van der Waals surface area contributed by atoms with E-state index in [1.807, 2.05) is 0 Å². The zero-order valence-electron chi connectivity index (χ0n) is 10.1. The van der Waals surface area contributed by atoms with Crippen LogP contribution in [0, 0.1) is 0 Å². The summed E-state index contributed by atoms with van der Waals surface area (Å²) in [6, 6.07) is 0.517. The number of alkyl halides is 3. The van der Waals surface area contributed by atoms with Crippen LogP contribution in [0.5, 0.6) is 0 Å². The van der Waals surface area contributed by atoms with Crippen molar-refractivity contribution in [1.29, 1.82) is 0 Å². The van der Waals surface area contributed by atoms with Gasteiger partial charge in [0.05, 0.1) is 13.0 Å². The van der Waals surface area contributed by atoms with E-state index < -0.39 is 12.6 Å². The minimum Gasteiger partial charge on any atom is -0.395 e. The maximum absolute atomic E-state index is 12.0. The lowest BCUT2D eigenvalue weighted by atomic mass is 10.2. The van der Waals surface area contributed by atoms with Crippen molar-refractivity contribution in [2.45, 2.75) is 43.9 Å². The highest BCUT2D eigenvalue weighted by molar-refractivity contribution is 4.84. The Labute approximate surface area is 100.0 Å².